The first-order valence-corrected chi connectivity index (χ1v) is 12.4. The number of benzene rings is 3. The molecule has 1 fully saturated rings. The van der Waals surface area contributed by atoms with Crippen LogP contribution in [0.1, 0.15) is 25.0 Å². The second-order valence-corrected chi connectivity index (χ2v) is 9.71. The van der Waals surface area contributed by atoms with Gasteiger partial charge in [-0.2, -0.15) is 0 Å². The van der Waals surface area contributed by atoms with Gasteiger partial charge in [0.15, 0.2) is 0 Å². The van der Waals surface area contributed by atoms with Gasteiger partial charge < -0.3 is 9.88 Å². The minimum atomic E-state index is 0.378. The van der Waals surface area contributed by atoms with Gasteiger partial charge in [-0.1, -0.05) is 28.1 Å². The fourth-order valence-corrected chi connectivity index (χ4v) is 4.59. The monoisotopic (exact) mass is 509 g/mol. The largest absolute Gasteiger partial charge is 0.352 e. The summed E-state index contributed by atoms with van der Waals surface area (Å²) in [6.45, 7) is 1.99. The van der Waals surface area contributed by atoms with Gasteiger partial charge in [-0.3, -0.25) is 9.98 Å². The first-order chi connectivity index (χ1) is 16.6. The number of aryl methyl sites for hydroxylation is 1. The molecule has 2 aromatic carbocycles. The minimum Gasteiger partial charge on any atom is -0.352 e. The second kappa shape index (κ2) is 8.69. The lowest BCUT2D eigenvalue weighted by atomic mass is 9.94. The number of aromatic nitrogens is 3. The van der Waals surface area contributed by atoms with E-state index in [1.165, 1.54) is 6.42 Å². The predicted molar refractivity (Wildman–Crippen MR) is 141 cm³/mol. The van der Waals surface area contributed by atoms with Crippen molar-refractivity contribution in [2.24, 2.45) is 4.99 Å². The Morgan fingerprint density at radius 1 is 1.00 bits per heavy atom. The number of hydrogen-bond acceptors (Lipinski definition) is 4. The summed E-state index contributed by atoms with van der Waals surface area (Å²) in [6.07, 6.45) is 5.40. The van der Waals surface area contributed by atoms with Gasteiger partial charge in [-0.15, -0.1) is 0 Å². The SMILES string of the molecule is Cc1ccc(Nc2cc3nc4ccccc4n(-c4ccc(Br)cc4)c-3c/c2=N\C2CCC2)cn1. The van der Waals surface area contributed by atoms with E-state index >= 15 is 0 Å². The Morgan fingerprint density at radius 2 is 1.82 bits per heavy atom. The molecule has 0 spiro atoms. The van der Waals surface area contributed by atoms with Crippen molar-refractivity contribution < 1.29 is 0 Å². The summed E-state index contributed by atoms with van der Waals surface area (Å²) in [5.41, 5.74) is 7.94. The smallest absolute Gasteiger partial charge is 0.0900 e. The highest BCUT2D eigenvalue weighted by molar-refractivity contribution is 9.10. The van der Waals surface area contributed by atoms with Gasteiger partial charge in [0.25, 0.3) is 0 Å². The normalized spacial score (nSPS) is 14.5. The molecule has 5 nitrogen and oxygen atoms in total. The Bertz CT molecular complexity index is 1520. The minimum absolute atomic E-state index is 0.378. The zero-order valence-electron chi connectivity index (χ0n) is 18.9. The van der Waals surface area contributed by atoms with E-state index in [0.717, 1.165) is 67.8 Å². The van der Waals surface area contributed by atoms with Gasteiger partial charge >= 0.3 is 0 Å². The lowest BCUT2D eigenvalue weighted by Gasteiger charge is -2.23. The molecular formula is C28H24BrN5. The molecule has 6 heteroatoms. The van der Waals surface area contributed by atoms with Crippen molar-refractivity contribution >= 4 is 38.3 Å². The molecule has 3 aromatic rings. The third kappa shape index (κ3) is 3.99. The van der Waals surface area contributed by atoms with E-state index in [-0.39, 0.29) is 0 Å². The molecule has 0 radical (unpaired) electrons. The highest BCUT2D eigenvalue weighted by Crippen LogP contribution is 2.31. The fourth-order valence-electron chi connectivity index (χ4n) is 4.33. The number of rotatable bonds is 4. The van der Waals surface area contributed by atoms with Crippen molar-refractivity contribution in [2.45, 2.75) is 32.2 Å². The number of hydrogen-bond donors (Lipinski definition) is 1. The third-order valence-corrected chi connectivity index (χ3v) is 6.90. The van der Waals surface area contributed by atoms with Crippen LogP contribution in [0.4, 0.5) is 11.4 Å². The average molecular weight is 510 g/mol. The molecule has 1 aliphatic heterocycles. The first-order valence-electron chi connectivity index (χ1n) is 11.6. The summed E-state index contributed by atoms with van der Waals surface area (Å²) in [4.78, 5) is 14.6. The van der Waals surface area contributed by atoms with Crippen LogP contribution in [-0.2, 0) is 0 Å². The Morgan fingerprint density at radius 3 is 2.56 bits per heavy atom. The van der Waals surface area contributed by atoms with E-state index < -0.39 is 0 Å². The van der Waals surface area contributed by atoms with Gasteiger partial charge in [-0.05, 0) is 86.8 Å². The van der Waals surface area contributed by atoms with E-state index in [1.54, 1.807) is 0 Å². The molecule has 6 rings (SSSR count). The lowest BCUT2D eigenvalue weighted by Crippen LogP contribution is -2.22. The molecule has 168 valence electrons. The lowest BCUT2D eigenvalue weighted by molar-refractivity contribution is 0.413. The third-order valence-electron chi connectivity index (χ3n) is 6.37. The van der Waals surface area contributed by atoms with Gasteiger partial charge in [0.05, 0.1) is 51.4 Å². The predicted octanol–water partition coefficient (Wildman–Crippen LogP) is 6.79. The number of para-hydroxylation sites is 2. The molecule has 1 saturated carbocycles. The summed E-state index contributed by atoms with van der Waals surface area (Å²) in [5.74, 6) is 0. The van der Waals surface area contributed by atoms with Gasteiger partial charge in [0, 0.05) is 15.9 Å². The van der Waals surface area contributed by atoms with Crippen LogP contribution in [0.25, 0.3) is 28.1 Å². The molecule has 34 heavy (non-hydrogen) atoms. The maximum absolute atomic E-state index is 5.13. The van der Waals surface area contributed by atoms with Crippen LogP contribution >= 0.6 is 15.9 Å². The molecule has 0 amide bonds. The maximum atomic E-state index is 5.13. The van der Waals surface area contributed by atoms with Crippen molar-refractivity contribution in [2.75, 3.05) is 5.32 Å². The number of nitrogens with zero attached hydrogens (tertiary/aromatic N) is 4. The number of anilines is 2. The summed E-state index contributed by atoms with van der Waals surface area (Å²) in [7, 11) is 0. The van der Waals surface area contributed by atoms with Crippen molar-refractivity contribution in [3.63, 3.8) is 0 Å². The summed E-state index contributed by atoms with van der Waals surface area (Å²) in [5, 5.41) is 4.51. The Balaban J connectivity index is 1.62. The quantitative estimate of drug-likeness (QED) is 0.271. The average Bonchev–Trinajstić information content (AvgIpc) is 2.82. The molecule has 0 saturated heterocycles. The molecule has 0 atom stereocenters. The van der Waals surface area contributed by atoms with Crippen LogP contribution in [0.2, 0.25) is 0 Å². The molecule has 1 aromatic heterocycles. The zero-order chi connectivity index (χ0) is 23.1. The maximum Gasteiger partial charge on any atom is 0.0900 e. The summed E-state index contributed by atoms with van der Waals surface area (Å²) >= 11 is 3.57. The Labute approximate surface area is 206 Å². The topological polar surface area (TPSA) is 55.1 Å². The fraction of sp³-hybridized carbons (Fsp3) is 0.179. The van der Waals surface area contributed by atoms with Crippen LogP contribution in [0.3, 0.4) is 0 Å². The Kier molecular flexibility index (Phi) is 5.38. The van der Waals surface area contributed by atoms with E-state index in [2.05, 4.69) is 91.5 Å². The molecule has 2 aliphatic carbocycles. The van der Waals surface area contributed by atoms with Gasteiger partial charge in [0.2, 0.25) is 0 Å². The van der Waals surface area contributed by atoms with Crippen molar-refractivity contribution in [3.8, 4) is 17.1 Å². The van der Waals surface area contributed by atoms with Crippen LogP contribution in [-0.4, -0.2) is 20.6 Å². The molecule has 1 N–H and O–H groups in total. The second-order valence-electron chi connectivity index (χ2n) is 8.80. The molecule has 0 bridgehead atoms. The van der Waals surface area contributed by atoms with Crippen molar-refractivity contribution in [1.82, 2.24) is 14.5 Å². The Hall–Kier alpha value is -3.51. The number of pyridine rings is 1. The molecule has 0 unspecified atom stereocenters. The summed E-state index contributed by atoms with van der Waals surface area (Å²) < 4.78 is 3.33. The number of halogens is 1. The molecular weight excluding hydrogens is 486 g/mol. The van der Waals surface area contributed by atoms with Gasteiger partial charge in [-0.25, -0.2) is 4.98 Å². The number of nitrogens with one attached hydrogen (secondary N) is 1. The van der Waals surface area contributed by atoms with Crippen LogP contribution < -0.4 is 10.7 Å². The van der Waals surface area contributed by atoms with E-state index in [9.17, 15) is 0 Å². The van der Waals surface area contributed by atoms with Crippen molar-refractivity contribution in [3.05, 3.63) is 94.5 Å². The standard InChI is InChI=1S/C28H24BrN5/c1-18-9-12-21(17-30-18)32-24-15-26-28(16-25(24)31-20-5-4-6-20)34(22-13-10-19(29)11-14-22)27-8-3-2-7-23(27)33-26/h2-3,7-17,20,32H,4-6H2,1H3/b31-25+. The van der Waals surface area contributed by atoms with E-state index in [1.807, 2.05) is 25.3 Å². The molecule has 2 heterocycles. The first kappa shape index (κ1) is 21.1. The van der Waals surface area contributed by atoms with E-state index in [0.29, 0.717) is 6.04 Å². The van der Waals surface area contributed by atoms with Crippen LogP contribution in [0, 0.1) is 6.92 Å². The van der Waals surface area contributed by atoms with Gasteiger partial charge in [0.1, 0.15) is 0 Å². The highest BCUT2D eigenvalue weighted by Gasteiger charge is 2.19. The summed E-state index contributed by atoms with van der Waals surface area (Å²) in [6, 6.07) is 25.4. The molecule has 3 aliphatic rings. The highest BCUT2D eigenvalue weighted by atomic mass is 79.9. The number of fused-ring (bicyclic) bond motifs is 2. The zero-order valence-corrected chi connectivity index (χ0v) is 20.5. The van der Waals surface area contributed by atoms with Crippen LogP contribution in [0.5, 0.6) is 0 Å². The van der Waals surface area contributed by atoms with Crippen LogP contribution in [0.15, 0.2) is 88.5 Å². The van der Waals surface area contributed by atoms with Crippen molar-refractivity contribution in [1.29, 1.82) is 0 Å². The van der Waals surface area contributed by atoms with E-state index in [4.69, 9.17) is 9.98 Å².